The second-order valence-electron chi connectivity index (χ2n) is 8.18. The molecule has 2 rings (SSSR count). The number of hydrogen-bond donors (Lipinski definition) is 0. The Morgan fingerprint density at radius 2 is 1.69 bits per heavy atom. The summed E-state index contributed by atoms with van der Waals surface area (Å²) < 4.78 is 36.1. The summed E-state index contributed by atoms with van der Waals surface area (Å²) in [5.41, 5.74) is 0. The van der Waals surface area contributed by atoms with Crippen molar-refractivity contribution in [3.8, 4) is 0 Å². The van der Waals surface area contributed by atoms with E-state index in [1.165, 1.54) is 0 Å². The van der Waals surface area contributed by atoms with Gasteiger partial charge in [-0.1, -0.05) is 27.7 Å². The Hall–Kier alpha value is -0.255. The summed E-state index contributed by atoms with van der Waals surface area (Å²) in [5.74, 6) is 2.11. The molecule has 2 saturated heterocycles. The zero-order chi connectivity index (χ0) is 19.6. The molecule has 26 heavy (non-hydrogen) atoms. The molecule has 2 aliphatic heterocycles. The van der Waals surface area contributed by atoms with Gasteiger partial charge >= 0.3 is 8.03 Å². The first kappa shape index (κ1) is 22.0. The van der Waals surface area contributed by atoms with E-state index in [9.17, 15) is 4.57 Å². The van der Waals surface area contributed by atoms with Crippen LogP contribution in [0.5, 0.6) is 0 Å². The lowest BCUT2D eigenvalue weighted by Gasteiger charge is -2.21. The molecule has 2 fully saturated rings. The van der Waals surface area contributed by atoms with Gasteiger partial charge in [0.15, 0.2) is 5.82 Å². The molecule has 0 aromatic carbocycles. The van der Waals surface area contributed by atoms with Crippen LogP contribution in [-0.4, -0.2) is 50.5 Å². The van der Waals surface area contributed by atoms with Crippen molar-refractivity contribution in [2.45, 2.75) is 91.1 Å². The molecule has 0 saturated carbocycles. The van der Waals surface area contributed by atoms with Gasteiger partial charge in [-0.25, -0.2) is 0 Å². The molecule has 9 atom stereocenters. The van der Waals surface area contributed by atoms with Gasteiger partial charge < -0.3 is 14.2 Å². The molecule has 7 heteroatoms. The first-order valence-corrected chi connectivity index (χ1v) is 10.9. The minimum atomic E-state index is -1.97. The molecule has 0 N–H and O–H groups in total. The molecule has 2 radical (unpaired) electrons. The predicted molar refractivity (Wildman–Crippen MR) is 104 cm³/mol. The van der Waals surface area contributed by atoms with E-state index in [1.54, 1.807) is 5.82 Å². The highest BCUT2D eigenvalue weighted by Gasteiger charge is 2.46. The SMILES string of the molecule is [B][C@@H]1O[C@H](C(C)C)C(O[P+](=O)/C=C/[C@H]2O[C@@H](C)[C@@H](C)C2OC(C)C)[C@@H]1C. The fraction of sp³-hybridized carbons (Fsp3) is 0.895. The Morgan fingerprint density at radius 3 is 2.27 bits per heavy atom. The summed E-state index contributed by atoms with van der Waals surface area (Å²) >= 11 is 0. The highest BCUT2D eigenvalue weighted by molar-refractivity contribution is 7.42. The molecular formula is C19H33BO5P+. The van der Waals surface area contributed by atoms with Crippen LogP contribution in [-0.2, 0) is 23.3 Å². The predicted octanol–water partition coefficient (Wildman–Crippen LogP) is 4.03. The first-order valence-electron chi connectivity index (χ1n) is 9.65. The third kappa shape index (κ3) is 5.17. The summed E-state index contributed by atoms with van der Waals surface area (Å²) in [6.07, 6.45) is 1.34. The van der Waals surface area contributed by atoms with Crippen LogP contribution in [0.25, 0.3) is 0 Å². The summed E-state index contributed by atoms with van der Waals surface area (Å²) in [4.78, 5) is 0. The Bertz CT molecular complexity index is 512. The molecule has 5 nitrogen and oxygen atoms in total. The fourth-order valence-corrected chi connectivity index (χ4v) is 4.49. The van der Waals surface area contributed by atoms with Gasteiger partial charge in [-0.3, -0.25) is 0 Å². The third-order valence-corrected chi connectivity index (χ3v) is 6.20. The third-order valence-electron chi connectivity index (χ3n) is 5.34. The standard InChI is InChI=1S/C19H33BO5P/c1-10(2)16-18(13(6)19(20)24-16)25-26(21)9-8-15-17(22-11(3)4)12(5)14(7)23-15/h8-19H,1-7H3/q+1/b9-8+/t12-,13+,14+,15-,16-,17?,18?,19-/m1/s1. The van der Waals surface area contributed by atoms with Crippen molar-refractivity contribution in [1.82, 2.24) is 0 Å². The quantitative estimate of drug-likeness (QED) is 0.491. The van der Waals surface area contributed by atoms with Gasteiger partial charge in [-0.05, 0) is 37.3 Å². The minimum Gasteiger partial charge on any atom is -0.381 e. The van der Waals surface area contributed by atoms with Crippen LogP contribution in [0.2, 0.25) is 0 Å². The van der Waals surface area contributed by atoms with Crippen molar-refractivity contribution >= 4 is 15.9 Å². The van der Waals surface area contributed by atoms with E-state index in [0.717, 1.165) is 0 Å². The van der Waals surface area contributed by atoms with Crippen molar-refractivity contribution in [3.05, 3.63) is 11.9 Å². The van der Waals surface area contributed by atoms with E-state index in [4.69, 9.17) is 26.6 Å². The van der Waals surface area contributed by atoms with Crippen molar-refractivity contribution in [2.24, 2.45) is 17.8 Å². The van der Waals surface area contributed by atoms with Crippen LogP contribution in [0, 0.1) is 17.8 Å². The molecule has 0 aliphatic carbocycles. The second-order valence-corrected chi connectivity index (χ2v) is 9.26. The highest BCUT2D eigenvalue weighted by atomic mass is 31.1. The molecule has 2 heterocycles. The summed E-state index contributed by atoms with van der Waals surface area (Å²) in [6.45, 7) is 14.3. The van der Waals surface area contributed by atoms with Gasteiger partial charge in [0.2, 0.25) is 0 Å². The Balaban J connectivity index is 1.99. The number of ether oxygens (including phenoxy) is 3. The maximum atomic E-state index is 12.5. The molecule has 0 amide bonds. The van der Waals surface area contributed by atoms with Gasteiger partial charge in [0.25, 0.3) is 0 Å². The zero-order valence-corrected chi connectivity index (χ0v) is 17.9. The van der Waals surface area contributed by atoms with Gasteiger partial charge in [0, 0.05) is 17.8 Å². The average Bonchev–Trinajstić information content (AvgIpc) is 2.97. The molecule has 0 aromatic rings. The Morgan fingerprint density at radius 1 is 1.04 bits per heavy atom. The summed E-state index contributed by atoms with van der Waals surface area (Å²) in [7, 11) is 4.02. The van der Waals surface area contributed by atoms with E-state index in [1.807, 2.05) is 33.8 Å². The monoisotopic (exact) mass is 383 g/mol. The van der Waals surface area contributed by atoms with E-state index in [0.29, 0.717) is 0 Å². The van der Waals surface area contributed by atoms with Crippen LogP contribution < -0.4 is 0 Å². The first-order chi connectivity index (χ1) is 12.1. The molecule has 2 aliphatic rings. The molecule has 0 bridgehead atoms. The topological polar surface area (TPSA) is 54.0 Å². The number of hydrogen-bond acceptors (Lipinski definition) is 5. The van der Waals surface area contributed by atoms with Crippen LogP contribution in [0.4, 0.5) is 0 Å². The smallest absolute Gasteiger partial charge is 0.381 e. The van der Waals surface area contributed by atoms with Crippen molar-refractivity contribution in [2.75, 3.05) is 0 Å². The van der Waals surface area contributed by atoms with E-state index >= 15 is 0 Å². The zero-order valence-electron chi connectivity index (χ0n) is 17.0. The van der Waals surface area contributed by atoms with E-state index < -0.39 is 8.03 Å². The molecule has 3 unspecified atom stereocenters. The van der Waals surface area contributed by atoms with Gasteiger partial charge in [-0.15, -0.1) is 4.52 Å². The summed E-state index contributed by atoms with van der Waals surface area (Å²) in [5, 5.41) is 0. The lowest BCUT2D eigenvalue weighted by atomic mass is 9.85. The molecule has 146 valence electrons. The van der Waals surface area contributed by atoms with E-state index in [-0.39, 0.29) is 60.4 Å². The maximum absolute atomic E-state index is 12.5. The molecular weight excluding hydrogens is 350 g/mol. The number of rotatable bonds is 7. The van der Waals surface area contributed by atoms with Crippen LogP contribution >= 0.6 is 8.03 Å². The lowest BCUT2D eigenvalue weighted by molar-refractivity contribution is -0.0326. The average molecular weight is 383 g/mol. The molecule has 0 spiro atoms. The molecule has 0 aromatic heterocycles. The lowest BCUT2D eigenvalue weighted by Crippen LogP contribution is -2.31. The Labute approximate surface area is 160 Å². The fourth-order valence-electron chi connectivity index (χ4n) is 3.56. The van der Waals surface area contributed by atoms with E-state index in [2.05, 4.69) is 20.8 Å². The van der Waals surface area contributed by atoms with Gasteiger partial charge in [0.1, 0.15) is 20.1 Å². The van der Waals surface area contributed by atoms with Crippen LogP contribution in [0.15, 0.2) is 11.9 Å². The van der Waals surface area contributed by atoms with Crippen LogP contribution in [0.3, 0.4) is 0 Å². The Kier molecular flexibility index (Phi) is 7.88. The van der Waals surface area contributed by atoms with Crippen LogP contribution in [0.1, 0.15) is 48.5 Å². The summed E-state index contributed by atoms with van der Waals surface area (Å²) in [6, 6.07) is -0.386. The van der Waals surface area contributed by atoms with Crippen molar-refractivity contribution < 1.29 is 23.3 Å². The largest absolute Gasteiger partial charge is 0.541 e. The van der Waals surface area contributed by atoms with Gasteiger partial charge in [0.05, 0.1) is 24.4 Å². The normalized spacial score (nSPS) is 41.7. The van der Waals surface area contributed by atoms with Gasteiger partial charge in [-0.2, -0.15) is 0 Å². The highest BCUT2D eigenvalue weighted by Crippen LogP contribution is 2.39. The van der Waals surface area contributed by atoms with Crippen molar-refractivity contribution in [1.29, 1.82) is 0 Å². The second kappa shape index (κ2) is 9.29. The minimum absolute atomic E-state index is 0.00505. The maximum Gasteiger partial charge on any atom is 0.541 e. The van der Waals surface area contributed by atoms with Crippen molar-refractivity contribution in [3.63, 3.8) is 0 Å².